The lowest BCUT2D eigenvalue weighted by Gasteiger charge is -2.34. The molecule has 0 saturated carbocycles. The summed E-state index contributed by atoms with van der Waals surface area (Å²) in [6, 6.07) is 7.04. The number of carbonyl (C=O) groups excluding carboxylic acids is 2. The third kappa shape index (κ3) is 9.64. The monoisotopic (exact) mass is 450 g/mol. The van der Waals surface area contributed by atoms with Crippen LogP contribution in [-0.2, 0) is 9.53 Å². The molecule has 0 spiro atoms. The number of amides is 2. The molecule has 0 atom stereocenters. The van der Waals surface area contributed by atoms with Crippen molar-refractivity contribution in [3.05, 3.63) is 29.8 Å². The van der Waals surface area contributed by atoms with Gasteiger partial charge < -0.3 is 25.0 Å². The first-order valence-electron chi connectivity index (χ1n) is 9.26. The number of methoxy groups -OCH3 is 2. The van der Waals surface area contributed by atoms with Crippen molar-refractivity contribution >= 4 is 36.6 Å². The van der Waals surface area contributed by atoms with Gasteiger partial charge in [0.05, 0.1) is 20.3 Å². The smallest absolute Gasteiger partial charge is 0.251 e. The average Bonchev–Trinajstić information content (AvgIpc) is 2.71. The number of carbonyl (C=O) groups is 2. The van der Waals surface area contributed by atoms with Crippen LogP contribution in [0.4, 0.5) is 0 Å². The van der Waals surface area contributed by atoms with E-state index in [4.69, 9.17) is 9.47 Å². The van der Waals surface area contributed by atoms with E-state index in [1.54, 1.807) is 38.5 Å². The first kappa shape index (κ1) is 27.4. The molecule has 2 amide bonds. The zero-order chi connectivity index (χ0) is 19.5. The second-order valence-corrected chi connectivity index (χ2v) is 6.38. The third-order valence-electron chi connectivity index (χ3n) is 4.55. The van der Waals surface area contributed by atoms with Crippen molar-refractivity contribution < 1.29 is 19.1 Å². The van der Waals surface area contributed by atoms with E-state index >= 15 is 0 Å². The fourth-order valence-electron chi connectivity index (χ4n) is 2.87. The van der Waals surface area contributed by atoms with Crippen LogP contribution in [0.3, 0.4) is 0 Å². The molecule has 2 N–H and O–H groups in total. The van der Waals surface area contributed by atoms with Crippen molar-refractivity contribution in [2.24, 2.45) is 0 Å². The number of hydrogen-bond donors (Lipinski definition) is 2. The minimum Gasteiger partial charge on any atom is -0.497 e. The molecule has 1 aliphatic rings. The highest BCUT2D eigenvalue weighted by atomic mass is 35.5. The van der Waals surface area contributed by atoms with Crippen molar-refractivity contribution in [1.82, 2.24) is 20.4 Å². The van der Waals surface area contributed by atoms with Gasteiger partial charge in [-0.05, 0) is 24.3 Å². The van der Waals surface area contributed by atoms with Gasteiger partial charge in [0, 0.05) is 58.5 Å². The lowest BCUT2D eigenvalue weighted by atomic mass is 10.2. The summed E-state index contributed by atoms with van der Waals surface area (Å²) in [7, 11) is 3.24. The summed E-state index contributed by atoms with van der Waals surface area (Å²) >= 11 is 0. The third-order valence-corrected chi connectivity index (χ3v) is 4.55. The lowest BCUT2D eigenvalue weighted by molar-refractivity contribution is -0.132. The molecule has 2 rings (SSSR count). The first-order valence-corrected chi connectivity index (χ1v) is 9.26. The lowest BCUT2D eigenvalue weighted by Crippen LogP contribution is -2.52. The van der Waals surface area contributed by atoms with Gasteiger partial charge in [-0.2, -0.15) is 0 Å². The molecular weight excluding hydrogens is 419 g/mol. The second-order valence-electron chi connectivity index (χ2n) is 6.38. The normalized spacial score (nSPS) is 13.8. The van der Waals surface area contributed by atoms with Crippen molar-refractivity contribution in [1.29, 1.82) is 0 Å². The highest BCUT2D eigenvalue weighted by molar-refractivity contribution is 5.94. The Bertz CT molecular complexity index is 596. The van der Waals surface area contributed by atoms with Gasteiger partial charge in [0.25, 0.3) is 5.91 Å². The maximum atomic E-state index is 12.1. The number of hydrogen-bond acceptors (Lipinski definition) is 6. The van der Waals surface area contributed by atoms with Crippen molar-refractivity contribution in [3.8, 4) is 5.75 Å². The van der Waals surface area contributed by atoms with Gasteiger partial charge in [-0.3, -0.25) is 14.5 Å². The Hall–Kier alpha value is -1.58. The Labute approximate surface area is 185 Å². The molecule has 0 bridgehead atoms. The molecule has 29 heavy (non-hydrogen) atoms. The minimum absolute atomic E-state index is 0. The summed E-state index contributed by atoms with van der Waals surface area (Å²) in [6.07, 6.45) is 0. The fourth-order valence-corrected chi connectivity index (χ4v) is 2.87. The van der Waals surface area contributed by atoms with Gasteiger partial charge in [0.1, 0.15) is 5.75 Å². The Morgan fingerprint density at radius 1 is 1.00 bits per heavy atom. The largest absolute Gasteiger partial charge is 0.497 e. The second kappa shape index (κ2) is 15.3. The van der Waals surface area contributed by atoms with E-state index in [1.807, 2.05) is 4.90 Å². The predicted molar refractivity (Wildman–Crippen MR) is 118 cm³/mol. The fraction of sp³-hybridized carbons (Fsp3) is 0.579. The van der Waals surface area contributed by atoms with Crippen LogP contribution in [-0.4, -0.2) is 94.8 Å². The summed E-state index contributed by atoms with van der Waals surface area (Å²) in [5.74, 6) is 0.764. The van der Waals surface area contributed by atoms with Crippen LogP contribution in [0.2, 0.25) is 0 Å². The number of nitrogens with zero attached hydrogens (tertiary/aromatic N) is 2. The van der Waals surface area contributed by atoms with Gasteiger partial charge >= 0.3 is 0 Å². The molecule has 166 valence electrons. The van der Waals surface area contributed by atoms with E-state index in [-0.39, 0.29) is 36.6 Å². The molecule has 0 unspecified atom stereocenters. The van der Waals surface area contributed by atoms with Crippen LogP contribution in [0.5, 0.6) is 5.75 Å². The van der Waals surface area contributed by atoms with E-state index < -0.39 is 0 Å². The molecule has 1 fully saturated rings. The standard InChI is InChI=1S/C19H30N4O4.2ClH/c1-26-14-8-20-15-18(24)23-12-10-22(11-13-23)9-7-21-19(25)16-3-5-17(27-2)6-4-16;;/h3-6,20H,7-15H2,1-2H3,(H,21,25);2*1H. The Morgan fingerprint density at radius 2 is 1.66 bits per heavy atom. The average molecular weight is 451 g/mol. The Kier molecular flexibility index (Phi) is 14.5. The van der Waals surface area contributed by atoms with Crippen LogP contribution < -0.4 is 15.4 Å². The Balaban J connectivity index is 0.00000392. The molecule has 0 aromatic heterocycles. The molecule has 8 nitrogen and oxygen atoms in total. The van der Waals surface area contributed by atoms with Gasteiger partial charge in [-0.1, -0.05) is 0 Å². The zero-order valence-corrected chi connectivity index (χ0v) is 18.7. The highest BCUT2D eigenvalue weighted by Gasteiger charge is 2.20. The molecule has 10 heteroatoms. The van der Waals surface area contributed by atoms with Gasteiger partial charge in [-0.25, -0.2) is 0 Å². The zero-order valence-electron chi connectivity index (χ0n) is 17.0. The van der Waals surface area contributed by atoms with Crippen molar-refractivity contribution in [2.45, 2.75) is 0 Å². The number of piperazine rings is 1. The van der Waals surface area contributed by atoms with E-state index in [9.17, 15) is 9.59 Å². The molecule has 0 radical (unpaired) electrons. The maximum Gasteiger partial charge on any atom is 0.251 e. The van der Waals surface area contributed by atoms with Crippen molar-refractivity contribution in [2.75, 3.05) is 73.2 Å². The molecule has 1 saturated heterocycles. The summed E-state index contributed by atoms with van der Waals surface area (Å²) in [5, 5.41) is 6.01. The summed E-state index contributed by atoms with van der Waals surface area (Å²) in [6.45, 7) is 6.06. The number of benzene rings is 1. The number of ether oxygens (including phenoxy) is 2. The van der Waals surface area contributed by atoms with E-state index in [0.29, 0.717) is 31.8 Å². The van der Waals surface area contributed by atoms with Gasteiger partial charge in [0.15, 0.2) is 0 Å². The van der Waals surface area contributed by atoms with Crippen LogP contribution in [0.15, 0.2) is 24.3 Å². The summed E-state index contributed by atoms with van der Waals surface area (Å²) in [4.78, 5) is 28.4. The molecule has 1 aromatic rings. The van der Waals surface area contributed by atoms with Gasteiger partial charge in [0.2, 0.25) is 5.91 Å². The summed E-state index contributed by atoms with van der Waals surface area (Å²) in [5.41, 5.74) is 0.618. The number of halogens is 2. The summed E-state index contributed by atoms with van der Waals surface area (Å²) < 4.78 is 10.0. The molecule has 1 heterocycles. The maximum absolute atomic E-state index is 12.1. The van der Waals surface area contributed by atoms with Crippen LogP contribution in [0.1, 0.15) is 10.4 Å². The van der Waals surface area contributed by atoms with Crippen LogP contribution in [0, 0.1) is 0 Å². The SMILES string of the molecule is COCCNCC(=O)N1CCN(CCNC(=O)c2ccc(OC)cc2)CC1.Cl.Cl. The van der Waals surface area contributed by atoms with E-state index in [1.165, 1.54) is 0 Å². The van der Waals surface area contributed by atoms with E-state index in [0.717, 1.165) is 38.5 Å². The van der Waals surface area contributed by atoms with Crippen molar-refractivity contribution in [3.63, 3.8) is 0 Å². The van der Waals surface area contributed by atoms with E-state index in [2.05, 4.69) is 15.5 Å². The Morgan fingerprint density at radius 3 is 2.24 bits per heavy atom. The first-order chi connectivity index (χ1) is 13.1. The van der Waals surface area contributed by atoms with Crippen LogP contribution in [0.25, 0.3) is 0 Å². The van der Waals surface area contributed by atoms with Crippen LogP contribution >= 0.6 is 24.8 Å². The predicted octanol–water partition coefficient (Wildman–Crippen LogP) is 0.649. The van der Waals surface area contributed by atoms with Gasteiger partial charge in [-0.15, -0.1) is 24.8 Å². The molecule has 0 aliphatic carbocycles. The number of rotatable bonds is 10. The quantitative estimate of drug-likeness (QED) is 0.509. The highest BCUT2D eigenvalue weighted by Crippen LogP contribution is 2.11. The number of nitrogens with one attached hydrogen (secondary N) is 2. The topological polar surface area (TPSA) is 83.1 Å². The molecule has 1 aromatic carbocycles. The minimum atomic E-state index is -0.0893. The molecule has 1 aliphatic heterocycles. The molecular formula is C19H32Cl2N4O4.